The molecule has 1 aliphatic rings. The van der Waals surface area contributed by atoms with Gasteiger partial charge in [0.1, 0.15) is 0 Å². The SMILES string of the molecule is CC(=S)/C=C/[C@H]1C(=C(C)C)C[C@H](O)[C@]1(C)O. The van der Waals surface area contributed by atoms with Crippen LogP contribution in [0.4, 0.5) is 0 Å². The summed E-state index contributed by atoms with van der Waals surface area (Å²) < 4.78 is 0. The number of allylic oxidation sites excluding steroid dienone is 2. The third-order valence-corrected chi connectivity index (χ3v) is 3.39. The van der Waals surface area contributed by atoms with Crippen molar-refractivity contribution in [1.29, 1.82) is 0 Å². The van der Waals surface area contributed by atoms with E-state index in [0.717, 1.165) is 16.0 Å². The predicted molar refractivity (Wildman–Crippen MR) is 70.5 cm³/mol. The quantitative estimate of drug-likeness (QED) is 0.442. The van der Waals surface area contributed by atoms with Crippen LogP contribution in [0.1, 0.15) is 34.1 Å². The van der Waals surface area contributed by atoms with E-state index >= 15 is 0 Å². The van der Waals surface area contributed by atoms with Crippen LogP contribution in [0.5, 0.6) is 0 Å². The number of aliphatic hydroxyl groups excluding tert-OH is 1. The highest BCUT2D eigenvalue weighted by Crippen LogP contribution is 2.42. The van der Waals surface area contributed by atoms with E-state index in [9.17, 15) is 10.2 Å². The van der Waals surface area contributed by atoms with Gasteiger partial charge in [-0.25, -0.2) is 0 Å². The molecule has 0 saturated heterocycles. The van der Waals surface area contributed by atoms with E-state index in [4.69, 9.17) is 12.2 Å². The second-order valence-corrected chi connectivity index (χ2v) is 5.56. The molecule has 0 amide bonds. The Hall–Kier alpha value is -0.510. The molecule has 1 fully saturated rings. The van der Waals surface area contributed by atoms with E-state index < -0.39 is 11.7 Å². The lowest BCUT2D eigenvalue weighted by Gasteiger charge is -2.26. The fourth-order valence-corrected chi connectivity index (χ4v) is 2.24. The molecule has 0 heterocycles. The molecular formula is C13H20O2S. The molecule has 0 spiro atoms. The molecule has 0 unspecified atom stereocenters. The lowest BCUT2D eigenvalue weighted by Crippen LogP contribution is -2.39. The Morgan fingerprint density at radius 2 is 2.00 bits per heavy atom. The Bertz CT molecular complexity index is 349. The van der Waals surface area contributed by atoms with Gasteiger partial charge in [0, 0.05) is 10.8 Å². The summed E-state index contributed by atoms with van der Waals surface area (Å²) >= 11 is 4.99. The highest BCUT2D eigenvalue weighted by atomic mass is 32.1. The highest BCUT2D eigenvalue weighted by molar-refractivity contribution is 7.80. The van der Waals surface area contributed by atoms with Crippen LogP contribution < -0.4 is 0 Å². The second kappa shape index (κ2) is 4.78. The standard InChI is InChI=1S/C13H20O2S/c1-8(2)10-7-12(14)13(4,15)11(10)6-5-9(3)16/h5-6,11-12,14-15H,7H2,1-4H3/b6-5+/t11-,12-,13+/m0/s1. The van der Waals surface area contributed by atoms with Gasteiger partial charge in [-0.2, -0.15) is 0 Å². The third-order valence-electron chi connectivity index (χ3n) is 3.26. The van der Waals surface area contributed by atoms with Crippen LogP contribution in [0.15, 0.2) is 23.3 Å². The molecule has 3 heteroatoms. The minimum absolute atomic E-state index is 0.134. The number of thiocarbonyl (C=S) groups is 1. The maximum absolute atomic E-state index is 10.3. The zero-order valence-electron chi connectivity index (χ0n) is 10.3. The van der Waals surface area contributed by atoms with E-state index in [-0.39, 0.29) is 5.92 Å². The Balaban J connectivity index is 3.09. The van der Waals surface area contributed by atoms with Crippen LogP contribution in [0.3, 0.4) is 0 Å². The van der Waals surface area contributed by atoms with Crippen molar-refractivity contribution in [2.45, 2.75) is 45.8 Å². The number of rotatable bonds is 2. The maximum atomic E-state index is 10.3. The summed E-state index contributed by atoms with van der Waals surface area (Å²) in [4.78, 5) is 0.783. The fraction of sp³-hybridized carbons (Fsp3) is 0.615. The second-order valence-electron chi connectivity index (χ2n) is 4.92. The van der Waals surface area contributed by atoms with Gasteiger partial charge in [-0.1, -0.05) is 35.5 Å². The van der Waals surface area contributed by atoms with Crippen molar-refractivity contribution < 1.29 is 10.2 Å². The third kappa shape index (κ3) is 2.59. The first-order valence-electron chi connectivity index (χ1n) is 5.52. The van der Waals surface area contributed by atoms with Gasteiger partial charge in [0.25, 0.3) is 0 Å². The first-order chi connectivity index (χ1) is 7.26. The van der Waals surface area contributed by atoms with Gasteiger partial charge in [0.2, 0.25) is 0 Å². The topological polar surface area (TPSA) is 40.5 Å². The van der Waals surface area contributed by atoms with Crippen LogP contribution in [0.25, 0.3) is 0 Å². The minimum Gasteiger partial charge on any atom is -0.390 e. The van der Waals surface area contributed by atoms with Crippen LogP contribution in [-0.2, 0) is 0 Å². The smallest absolute Gasteiger partial charge is 0.0980 e. The summed E-state index contributed by atoms with van der Waals surface area (Å²) in [5, 5.41) is 20.1. The van der Waals surface area contributed by atoms with Crippen molar-refractivity contribution in [2.75, 3.05) is 0 Å². The Kier molecular flexibility index (Phi) is 4.05. The van der Waals surface area contributed by atoms with Crippen molar-refractivity contribution in [1.82, 2.24) is 0 Å². The largest absolute Gasteiger partial charge is 0.390 e. The summed E-state index contributed by atoms with van der Waals surface area (Å²) in [6.45, 7) is 7.54. The van der Waals surface area contributed by atoms with Crippen molar-refractivity contribution in [3.63, 3.8) is 0 Å². The summed E-state index contributed by atoms with van der Waals surface area (Å²) in [6, 6.07) is 0. The number of hydrogen-bond acceptors (Lipinski definition) is 3. The predicted octanol–water partition coefficient (Wildman–Crippen LogP) is 2.40. The molecule has 1 saturated carbocycles. The van der Waals surface area contributed by atoms with Gasteiger partial charge in [0.15, 0.2) is 0 Å². The van der Waals surface area contributed by atoms with Crippen LogP contribution >= 0.6 is 12.2 Å². The van der Waals surface area contributed by atoms with Crippen molar-refractivity contribution in [3.8, 4) is 0 Å². The van der Waals surface area contributed by atoms with E-state index in [2.05, 4.69) is 0 Å². The maximum Gasteiger partial charge on any atom is 0.0980 e. The molecular weight excluding hydrogens is 220 g/mol. The molecule has 0 bridgehead atoms. The van der Waals surface area contributed by atoms with Crippen molar-refractivity contribution in [2.24, 2.45) is 5.92 Å². The minimum atomic E-state index is -1.09. The average molecular weight is 240 g/mol. The average Bonchev–Trinajstić information content (AvgIpc) is 2.35. The molecule has 3 atom stereocenters. The normalized spacial score (nSPS) is 34.8. The lowest BCUT2D eigenvalue weighted by molar-refractivity contribution is -0.0547. The van der Waals surface area contributed by atoms with Gasteiger partial charge < -0.3 is 10.2 Å². The Morgan fingerprint density at radius 3 is 2.44 bits per heavy atom. The van der Waals surface area contributed by atoms with Crippen molar-refractivity contribution in [3.05, 3.63) is 23.3 Å². The molecule has 16 heavy (non-hydrogen) atoms. The number of hydrogen-bond donors (Lipinski definition) is 2. The van der Waals surface area contributed by atoms with E-state index in [1.54, 1.807) is 6.92 Å². The molecule has 0 radical (unpaired) electrons. The van der Waals surface area contributed by atoms with Gasteiger partial charge in [-0.05, 0) is 34.1 Å². The molecule has 1 aliphatic carbocycles. The zero-order valence-corrected chi connectivity index (χ0v) is 11.1. The first kappa shape index (κ1) is 13.6. The zero-order chi connectivity index (χ0) is 12.5. The van der Waals surface area contributed by atoms with E-state index in [0.29, 0.717) is 6.42 Å². The summed E-state index contributed by atoms with van der Waals surface area (Å²) in [7, 11) is 0. The van der Waals surface area contributed by atoms with Crippen molar-refractivity contribution >= 4 is 17.1 Å². The van der Waals surface area contributed by atoms with Crippen LogP contribution in [0, 0.1) is 5.92 Å². The van der Waals surface area contributed by atoms with Gasteiger partial charge >= 0.3 is 0 Å². The summed E-state index contributed by atoms with van der Waals surface area (Å²) in [5.74, 6) is -0.134. The molecule has 90 valence electrons. The monoisotopic (exact) mass is 240 g/mol. The Morgan fingerprint density at radius 1 is 1.44 bits per heavy atom. The van der Waals surface area contributed by atoms with Crippen LogP contribution in [0.2, 0.25) is 0 Å². The van der Waals surface area contributed by atoms with Gasteiger partial charge in [-0.15, -0.1) is 0 Å². The molecule has 2 nitrogen and oxygen atoms in total. The van der Waals surface area contributed by atoms with Gasteiger partial charge in [0.05, 0.1) is 11.7 Å². The Labute approximate surface area is 103 Å². The van der Waals surface area contributed by atoms with E-state index in [1.807, 2.05) is 32.9 Å². The number of aliphatic hydroxyl groups is 2. The molecule has 0 aromatic carbocycles. The highest BCUT2D eigenvalue weighted by Gasteiger charge is 2.46. The van der Waals surface area contributed by atoms with Crippen LogP contribution in [-0.4, -0.2) is 26.8 Å². The first-order valence-corrected chi connectivity index (χ1v) is 5.93. The molecule has 0 aromatic heterocycles. The molecule has 2 N–H and O–H groups in total. The fourth-order valence-electron chi connectivity index (χ4n) is 2.16. The summed E-state index contributed by atoms with van der Waals surface area (Å²) in [6.07, 6.45) is 3.58. The lowest BCUT2D eigenvalue weighted by atomic mass is 9.87. The van der Waals surface area contributed by atoms with E-state index in [1.165, 1.54) is 0 Å². The molecule has 0 aliphatic heterocycles. The molecule has 1 rings (SSSR count). The summed E-state index contributed by atoms with van der Waals surface area (Å²) in [5.41, 5.74) is 1.19. The molecule has 0 aromatic rings. The van der Waals surface area contributed by atoms with Gasteiger partial charge in [-0.3, -0.25) is 0 Å².